The third-order valence-corrected chi connectivity index (χ3v) is 8.27. The van der Waals surface area contributed by atoms with E-state index in [0.717, 1.165) is 44.4 Å². The molecule has 4 aromatic carbocycles. The largest absolute Gasteiger partial charge is 0.496 e. The van der Waals surface area contributed by atoms with Crippen LogP contribution < -0.4 is 14.2 Å². The molecule has 0 aliphatic carbocycles. The Morgan fingerprint density at radius 1 is 0.919 bits per heavy atom. The van der Waals surface area contributed by atoms with Gasteiger partial charge in [-0.05, 0) is 66.1 Å². The van der Waals surface area contributed by atoms with Crippen LogP contribution in [0.25, 0.3) is 33.0 Å². The van der Waals surface area contributed by atoms with E-state index >= 15 is 0 Å². The van der Waals surface area contributed by atoms with E-state index in [9.17, 15) is 0 Å². The summed E-state index contributed by atoms with van der Waals surface area (Å²) in [5, 5.41) is 1.83. The second-order valence-corrected chi connectivity index (χ2v) is 10.5. The summed E-state index contributed by atoms with van der Waals surface area (Å²) in [5.74, 6) is 0.893. The van der Waals surface area contributed by atoms with Crippen molar-refractivity contribution in [2.24, 2.45) is 7.05 Å². The van der Waals surface area contributed by atoms with Gasteiger partial charge in [0.2, 0.25) is 5.52 Å². The molecule has 37 heavy (non-hydrogen) atoms. The molecule has 0 spiro atoms. The molecule has 5 aromatic rings. The molecule has 5 heteroatoms. The monoisotopic (exact) mass is 521 g/mol. The number of anilines is 2. The molecule has 3 nitrogen and oxygen atoms in total. The molecule has 182 valence electrons. The lowest BCUT2D eigenvalue weighted by molar-refractivity contribution is -0.642. The smallest absolute Gasteiger partial charge is 0.263 e. The fourth-order valence-electron chi connectivity index (χ4n) is 5.03. The number of aryl methyl sites for hydroxylation is 2. The number of thiazole rings is 1. The van der Waals surface area contributed by atoms with Gasteiger partial charge in [-0.15, -0.1) is 0 Å². The molecule has 0 saturated carbocycles. The van der Waals surface area contributed by atoms with Crippen LogP contribution in [0.5, 0.6) is 5.75 Å². The Morgan fingerprint density at radius 2 is 1.70 bits per heavy atom. The molecule has 0 N–H and O–H groups in total. The van der Waals surface area contributed by atoms with E-state index in [0.29, 0.717) is 5.16 Å². The average molecular weight is 522 g/mol. The van der Waals surface area contributed by atoms with Gasteiger partial charge >= 0.3 is 0 Å². The average Bonchev–Trinajstić information content (AvgIpc) is 3.23. The Balaban J connectivity index is 1.46. The molecular formula is C32H26ClN2OS+. The maximum absolute atomic E-state index is 6.89. The Hall–Kier alpha value is -3.86. The van der Waals surface area contributed by atoms with Crippen LogP contribution >= 0.6 is 22.9 Å². The van der Waals surface area contributed by atoms with Crippen molar-refractivity contribution >= 4 is 56.2 Å². The number of para-hydroxylation sites is 2. The standard InChI is InChI=1S/C32H26ClN2OS/c1-21-10-9-15-28(36-3)32(21)22-16-17-27-29(18-22)37-31(34(27)2)20-23-19-30(33)35(24-11-5-4-6-12-24)26-14-8-7-13-25(23)26/h4-20H,1-3H3/q+1. The lowest BCUT2D eigenvalue weighted by Crippen LogP contribution is -2.29. The molecule has 0 amide bonds. The lowest BCUT2D eigenvalue weighted by atomic mass is 9.99. The number of halogens is 1. The first-order valence-corrected chi connectivity index (χ1v) is 13.3. The molecule has 6 rings (SSSR count). The lowest BCUT2D eigenvalue weighted by Gasteiger charge is -2.30. The van der Waals surface area contributed by atoms with Crippen LogP contribution in [0, 0.1) is 6.92 Å². The number of aromatic nitrogens is 1. The van der Waals surface area contributed by atoms with Crippen molar-refractivity contribution in [1.29, 1.82) is 0 Å². The third kappa shape index (κ3) is 4.12. The summed E-state index contributed by atoms with van der Waals surface area (Å²) >= 11 is 8.67. The topological polar surface area (TPSA) is 16.4 Å². The SMILES string of the molecule is COc1cccc(C)c1-c1ccc2c(c1)sc(C=C1C=C(Cl)N(c3ccccc3)c3ccccc31)[n+]2C. The van der Waals surface area contributed by atoms with Crippen molar-refractivity contribution < 1.29 is 9.30 Å². The second-order valence-electron chi connectivity index (χ2n) is 9.09. The highest BCUT2D eigenvalue weighted by molar-refractivity contribution is 7.19. The summed E-state index contributed by atoms with van der Waals surface area (Å²) in [4.78, 5) is 2.10. The minimum atomic E-state index is 0.675. The molecule has 0 radical (unpaired) electrons. The first kappa shape index (κ1) is 23.5. The van der Waals surface area contributed by atoms with Gasteiger partial charge in [-0.2, -0.15) is 4.57 Å². The Morgan fingerprint density at radius 3 is 2.51 bits per heavy atom. The second kappa shape index (κ2) is 9.55. The van der Waals surface area contributed by atoms with Crippen LogP contribution in [0.3, 0.4) is 0 Å². The number of ether oxygens (including phenoxy) is 1. The van der Waals surface area contributed by atoms with Crippen molar-refractivity contribution in [3.8, 4) is 16.9 Å². The van der Waals surface area contributed by atoms with Gasteiger partial charge < -0.3 is 9.64 Å². The zero-order chi connectivity index (χ0) is 25.5. The molecule has 0 bridgehead atoms. The molecule has 0 saturated heterocycles. The van der Waals surface area contributed by atoms with Crippen LogP contribution in [0.1, 0.15) is 16.1 Å². The first-order valence-electron chi connectivity index (χ1n) is 12.1. The normalized spacial score (nSPS) is 14.1. The minimum Gasteiger partial charge on any atom is -0.496 e. The highest BCUT2D eigenvalue weighted by atomic mass is 35.5. The summed E-state index contributed by atoms with van der Waals surface area (Å²) in [5.41, 5.74) is 9.05. The number of rotatable bonds is 4. The van der Waals surface area contributed by atoms with E-state index in [1.807, 2.05) is 30.3 Å². The molecule has 0 fully saturated rings. The van der Waals surface area contributed by atoms with E-state index in [1.165, 1.54) is 15.8 Å². The van der Waals surface area contributed by atoms with Crippen LogP contribution in [-0.2, 0) is 7.05 Å². The van der Waals surface area contributed by atoms with Crippen LogP contribution in [0.4, 0.5) is 11.4 Å². The van der Waals surface area contributed by atoms with Gasteiger partial charge in [0.1, 0.15) is 22.7 Å². The van der Waals surface area contributed by atoms with Crippen molar-refractivity contribution in [3.05, 3.63) is 118 Å². The van der Waals surface area contributed by atoms with E-state index in [4.69, 9.17) is 16.3 Å². The Kier molecular flexibility index (Phi) is 6.07. The molecule has 0 atom stereocenters. The van der Waals surface area contributed by atoms with Crippen LogP contribution in [0.2, 0.25) is 0 Å². The highest BCUT2D eigenvalue weighted by Gasteiger charge is 2.25. The van der Waals surface area contributed by atoms with Gasteiger partial charge in [-0.3, -0.25) is 0 Å². The van der Waals surface area contributed by atoms with Crippen LogP contribution in [-0.4, -0.2) is 7.11 Å². The van der Waals surface area contributed by atoms with Gasteiger partial charge in [0.25, 0.3) is 5.01 Å². The maximum atomic E-state index is 6.89. The summed E-state index contributed by atoms with van der Waals surface area (Å²) in [6.07, 6.45) is 4.30. The van der Waals surface area contributed by atoms with E-state index < -0.39 is 0 Å². The summed E-state index contributed by atoms with van der Waals surface area (Å²) < 4.78 is 9.15. The Labute approximate surface area is 226 Å². The maximum Gasteiger partial charge on any atom is 0.263 e. The van der Waals surface area contributed by atoms with Crippen LogP contribution in [0.15, 0.2) is 102 Å². The summed E-state index contributed by atoms with van der Waals surface area (Å²) in [6.45, 7) is 2.13. The van der Waals surface area contributed by atoms with Gasteiger partial charge in [0.05, 0.1) is 12.8 Å². The summed E-state index contributed by atoms with van der Waals surface area (Å²) in [6, 6.07) is 31.5. The molecule has 0 unspecified atom stereocenters. The summed E-state index contributed by atoms with van der Waals surface area (Å²) in [7, 11) is 3.85. The zero-order valence-electron chi connectivity index (χ0n) is 20.9. The third-order valence-electron chi connectivity index (χ3n) is 6.85. The van der Waals surface area contributed by atoms with E-state index in [1.54, 1.807) is 18.4 Å². The van der Waals surface area contributed by atoms with Gasteiger partial charge in [-0.1, -0.05) is 71.5 Å². The quantitative estimate of drug-likeness (QED) is 0.174. The molecule has 1 aliphatic rings. The van der Waals surface area contributed by atoms with Crippen molar-refractivity contribution in [2.75, 3.05) is 12.0 Å². The van der Waals surface area contributed by atoms with Crippen molar-refractivity contribution in [2.45, 2.75) is 6.92 Å². The number of hydrogen-bond donors (Lipinski definition) is 0. The highest BCUT2D eigenvalue weighted by Crippen LogP contribution is 2.43. The van der Waals surface area contributed by atoms with Crippen molar-refractivity contribution in [3.63, 3.8) is 0 Å². The van der Waals surface area contributed by atoms with Gasteiger partial charge in [-0.25, -0.2) is 0 Å². The van der Waals surface area contributed by atoms with Gasteiger partial charge in [0.15, 0.2) is 0 Å². The zero-order valence-corrected chi connectivity index (χ0v) is 22.5. The molecule has 2 heterocycles. The fraction of sp³-hybridized carbons (Fsp3) is 0.0938. The number of nitrogens with zero attached hydrogens (tertiary/aromatic N) is 2. The predicted octanol–water partition coefficient (Wildman–Crippen LogP) is 8.48. The molecular weight excluding hydrogens is 496 g/mol. The fourth-order valence-corrected chi connectivity index (χ4v) is 6.47. The van der Waals surface area contributed by atoms with Crippen molar-refractivity contribution in [1.82, 2.24) is 0 Å². The Bertz CT molecular complexity index is 1700. The molecule has 1 aromatic heterocycles. The minimum absolute atomic E-state index is 0.675. The van der Waals surface area contributed by atoms with E-state index in [-0.39, 0.29) is 0 Å². The van der Waals surface area contributed by atoms with Gasteiger partial charge in [0, 0.05) is 29.0 Å². The number of hydrogen-bond acceptors (Lipinski definition) is 3. The number of benzene rings is 4. The van der Waals surface area contributed by atoms with E-state index in [2.05, 4.69) is 96.3 Å². The predicted molar refractivity (Wildman–Crippen MR) is 157 cm³/mol. The number of fused-ring (bicyclic) bond motifs is 2. The first-order chi connectivity index (χ1) is 18.0. The number of allylic oxidation sites excluding steroid dienone is 2. The molecule has 1 aliphatic heterocycles. The number of methoxy groups -OCH3 is 1.